The summed E-state index contributed by atoms with van der Waals surface area (Å²) in [7, 11) is -3.97. The van der Waals surface area contributed by atoms with Crippen LogP contribution in [0.15, 0.2) is 101 Å². The van der Waals surface area contributed by atoms with Crippen molar-refractivity contribution in [3.8, 4) is 5.75 Å². The number of hydrogen-bond donors (Lipinski definition) is 2. The fourth-order valence-corrected chi connectivity index (χ4v) is 4.98. The van der Waals surface area contributed by atoms with E-state index in [9.17, 15) is 18.0 Å². The van der Waals surface area contributed by atoms with Crippen molar-refractivity contribution in [2.24, 2.45) is 5.10 Å². The number of para-hydroxylation sites is 1. The summed E-state index contributed by atoms with van der Waals surface area (Å²) in [6.07, 6.45) is 1.34. The van der Waals surface area contributed by atoms with Crippen LogP contribution in [0, 0.1) is 0 Å². The van der Waals surface area contributed by atoms with E-state index in [2.05, 4.69) is 15.2 Å². The Morgan fingerprint density at radius 2 is 1.51 bits per heavy atom. The minimum Gasteiger partial charge on any atom is -0.423 e. The number of carbonyl (C=O) groups excluding carboxylic acids is 2. The molecule has 198 valence electrons. The molecule has 39 heavy (non-hydrogen) atoms. The van der Waals surface area contributed by atoms with Crippen molar-refractivity contribution >= 4 is 68.6 Å². The molecule has 0 aliphatic carbocycles. The molecular weight excluding hydrogens is 585 g/mol. The van der Waals surface area contributed by atoms with Gasteiger partial charge in [0.1, 0.15) is 5.75 Å². The summed E-state index contributed by atoms with van der Waals surface area (Å²) in [5.41, 5.74) is 3.14. The Morgan fingerprint density at radius 3 is 2.26 bits per heavy atom. The third kappa shape index (κ3) is 7.36. The Hall–Kier alpha value is -3.89. The number of nitrogens with one attached hydrogen (secondary N) is 2. The third-order valence-corrected chi connectivity index (χ3v) is 7.32. The number of carbonyl (C=O) groups is 2. The molecule has 0 spiro atoms. The summed E-state index contributed by atoms with van der Waals surface area (Å²) >= 11 is 17.8. The SMILES string of the molecule is O=C(Oc1cccc(C=NNC(=O)c2ccccc2NS(=O)(=O)c2ccc(Cl)cc2)c1)c1ccc(Cl)cc1Cl. The van der Waals surface area contributed by atoms with Gasteiger partial charge in [-0.05, 0) is 72.3 Å². The fourth-order valence-electron chi connectivity index (χ4n) is 3.29. The van der Waals surface area contributed by atoms with E-state index in [4.69, 9.17) is 39.5 Å². The zero-order valence-corrected chi connectivity index (χ0v) is 22.9. The molecule has 0 aliphatic rings. The van der Waals surface area contributed by atoms with Gasteiger partial charge in [-0.3, -0.25) is 9.52 Å². The molecule has 4 aromatic rings. The number of amides is 1. The van der Waals surface area contributed by atoms with Crippen LogP contribution < -0.4 is 14.9 Å². The fraction of sp³-hybridized carbons (Fsp3) is 0. The van der Waals surface area contributed by atoms with Crippen molar-refractivity contribution in [3.63, 3.8) is 0 Å². The van der Waals surface area contributed by atoms with Gasteiger partial charge in [-0.1, -0.05) is 59.1 Å². The van der Waals surface area contributed by atoms with Gasteiger partial charge in [0, 0.05) is 10.0 Å². The average molecular weight is 603 g/mol. The smallest absolute Gasteiger partial charge is 0.345 e. The van der Waals surface area contributed by atoms with Crippen LogP contribution in [-0.2, 0) is 10.0 Å². The molecule has 12 heteroatoms. The van der Waals surface area contributed by atoms with Gasteiger partial charge in [0.25, 0.3) is 15.9 Å². The molecule has 0 heterocycles. The summed E-state index contributed by atoms with van der Waals surface area (Å²) in [5, 5.41) is 4.87. The number of esters is 1. The van der Waals surface area contributed by atoms with Gasteiger partial charge in [0.15, 0.2) is 0 Å². The summed E-state index contributed by atoms with van der Waals surface area (Å²) in [5.74, 6) is -1.10. The molecule has 1 amide bonds. The van der Waals surface area contributed by atoms with Gasteiger partial charge >= 0.3 is 5.97 Å². The van der Waals surface area contributed by atoms with Crippen LogP contribution in [0.5, 0.6) is 5.75 Å². The van der Waals surface area contributed by atoms with Gasteiger partial charge in [0.05, 0.1) is 32.9 Å². The largest absolute Gasteiger partial charge is 0.423 e. The van der Waals surface area contributed by atoms with E-state index in [1.165, 1.54) is 66.9 Å². The molecule has 2 N–H and O–H groups in total. The molecule has 0 atom stereocenters. The lowest BCUT2D eigenvalue weighted by Gasteiger charge is -2.11. The first-order chi connectivity index (χ1) is 18.6. The quantitative estimate of drug-likeness (QED) is 0.104. The second-order valence-corrected chi connectivity index (χ2v) is 10.9. The maximum atomic E-state index is 12.8. The maximum Gasteiger partial charge on any atom is 0.345 e. The van der Waals surface area contributed by atoms with Crippen LogP contribution in [0.2, 0.25) is 15.1 Å². The first-order valence-electron chi connectivity index (χ1n) is 11.1. The van der Waals surface area contributed by atoms with Crippen LogP contribution in [0.25, 0.3) is 0 Å². The van der Waals surface area contributed by atoms with E-state index in [1.54, 1.807) is 30.3 Å². The van der Waals surface area contributed by atoms with E-state index >= 15 is 0 Å². The highest BCUT2D eigenvalue weighted by atomic mass is 35.5. The standard InChI is InChI=1S/C27H18Cl3N3O5S/c28-18-8-11-21(12-9-18)39(36,37)33-25-7-2-1-6-23(25)26(34)32-31-16-17-4-3-5-20(14-17)38-27(35)22-13-10-19(29)15-24(22)30/h1-16,33H,(H,32,34). The molecule has 4 rings (SSSR count). The molecular formula is C27H18Cl3N3O5S. The Labute approximate surface area is 239 Å². The topological polar surface area (TPSA) is 114 Å². The Kier molecular flexibility index (Phi) is 8.88. The predicted octanol–water partition coefficient (Wildman–Crippen LogP) is 6.43. The number of hydrazone groups is 1. The van der Waals surface area contributed by atoms with Crippen molar-refractivity contribution in [1.29, 1.82) is 0 Å². The number of ether oxygens (including phenoxy) is 1. The second kappa shape index (κ2) is 12.3. The van der Waals surface area contributed by atoms with Crippen molar-refractivity contribution < 1.29 is 22.7 Å². The zero-order valence-electron chi connectivity index (χ0n) is 19.8. The Bertz CT molecular complexity index is 1680. The lowest BCUT2D eigenvalue weighted by molar-refractivity contribution is 0.0734. The van der Waals surface area contributed by atoms with Crippen LogP contribution in [0.3, 0.4) is 0 Å². The summed E-state index contributed by atoms with van der Waals surface area (Å²) in [6.45, 7) is 0. The number of anilines is 1. The lowest BCUT2D eigenvalue weighted by Crippen LogP contribution is -2.21. The molecule has 4 aromatic carbocycles. The highest BCUT2D eigenvalue weighted by Gasteiger charge is 2.18. The number of halogens is 3. The van der Waals surface area contributed by atoms with Crippen LogP contribution >= 0.6 is 34.8 Å². The monoisotopic (exact) mass is 601 g/mol. The predicted molar refractivity (Wildman–Crippen MR) is 152 cm³/mol. The normalized spacial score (nSPS) is 11.3. The van der Waals surface area contributed by atoms with Gasteiger partial charge in [-0.2, -0.15) is 5.10 Å². The molecule has 0 radical (unpaired) electrons. The van der Waals surface area contributed by atoms with E-state index in [0.717, 1.165) is 0 Å². The molecule has 0 aliphatic heterocycles. The van der Waals surface area contributed by atoms with Crippen LogP contribution in [0.1, 0.15) is 26.3 Å². The number of nitrogens with zero attached hydrogens (tertiary/aromatic N) is 1. The summed E-state index contributed by atoms with van der Waals surface area (Å²) in [6, 6.07) is 22.5. The third-order valence-electron chi connectivity index (χ3n) is 5.14. The molecule has 0 aromatic heterocycles. The van der Waals surface area contributed by atoms with E-state index in [1.807, 2.05) is 0 Å². The Balaban J connectivity index is 1.43. The van der Waals surface area contributed by atoms with Crippen molar-refractivity contribution in [1.82, 2.24) is 5.43 Å². The second-order valence-electron chi connectivity index (χ2n) is 7.89. The molecule has 0 saturated carbocycles. The lowest BCUT2D eigenvalue weighted by atomic mass is 10.2. The van der Waals surface area contributed by atoms with E-state index < -0.39 is 21.9 Å². The van der Waals surface area contributed by atoms with Gasteiger partial charge in [-0.25, -0.2) is 18.6 Å². The number of rotatable bonds is 8. The molecule has 0 fully saturated rings. The van der Waals surface area contributed by atoms with E-state index in [0.29, 0.717) is 15.6 Å². The Morgan fingerprint density at radius 1 is 0.795 bits per heavy atom. The first-order valence-corrected chi connectivity index (χ1v) is 13.7. The zero-order chi connectivity index (χ0) is 28.0. The van der Waals surface area contributed by atoms with Crippen molar-refractivity contribution in [2.45, 2.75) is 4.90 Å². The van der Waals surface area contributed by atoms with Crippen LogP contribution in [-0.4, -0.2) is 26.5 Å². The van der Waals surface area contributed by atoms with Crippen molar-refractivity contribution in [2.75, 3.05) is 4.72 Å². The molecule has 8 nitrogen and oxygen atoms in total. The average Bonchev–Trinajstić information content (AvgIpc) is 2.89. The summed E-state index contributed by atoms with van der Waals surface area (Å²) < 4.78 is 33.3. The van der Waals surface area contributed by atoms with Gasteiger partial charge < -0.3 is 4.74 Å². The summed E-state index contributed by atoms with van der Waals surface area (Å²) in [4.78, 5) is 25.2. The van der Waals surface area contributed by atoms with Gasteiger partial charge in [-0.15, -0.1) is 0 Å². The molecule has 0 unspecified atom stereocenters. The van der Waals surface area contributed by atoms with Crippen molar-refractivity contribution in [3.05, 3.63) is 123 Å². The molecule has 0 saturated heterocycles. The van der Waals surface area contributed by atoms with Gasteiger partial charge in [0.2, 0.25) is 0 Å². The highest BCUT2D eigenvalue weighted by molar-refractivity contribution is 7.92. The maximum absolute atomic E-state index is 12.8. The molecule has 0 bridgehead atoms. The number of benzene rings is 4. The number of hydrogen-bond acceptors (Lipinski definition) is 6. The minimum atomic E-state index is -3.97. The van der Waals surface area contributed by atoms with E-state index in [-0.39, 0.29) is 32.5 Å². The number of sulfonamides is 1. The first kappa shape index (κ1) is 28.1. The van der Waals surface area contributed by atoms with Crippen LogP contribution in [0.4, 0.5) is 5.69 Å². The minimum absolute atomic E-state index is 0.0148. The highest BCUT2D eigenvalue weighted by Crippen LogP contribution is 2.24.